The normalized spacial score (nSPS) is 22.8. The van der Waals surface area contributed by atoms with Crippen molar-refractivity contribution in [2.45, 2.75) is 43.3 Å². The standard InChI is InChI=1S/C11H18N4O2S.ClH/c16-18(17,14-9-4-5-12-7-9)11-8-15-6-2-1-3-10(15)13-11;/h8-9,12,14H,1-7H2;1H. The van der Waals surface area contributed by atoms with Gasteiger partial charge in [0.2, 0.25) is 0 Å². The van der Waals surface area contributed by atoms with E-state index in [0.29, 0.717) is 6.54 Å². The van der Waals surface area contributed by atoms with Crippen molar-refractivity contribution in [2.24, 2.45) is 0 Å². The molecule has 0 aromatic carbocycles. The van der Waals surface area contributed by atoms with E-state index in [4.69, 9.17) is 0 Å². The van der Waals surface area contributed by atoms with Gasteiger partial charge in [0.1, 0.15) is 5.82 Å². The van der Waals surface area contributed by atoms with Crippen LogP contribution in [0.3, 0.4) is 0 Å². The quantitative estimate of drug-likeness (QED) is 0.841. The molecule has 0 bridgehead atoms. The molecule has 1 fully saturated rings. The predicted octanol–water partition coefficient (Wildman–Crippen LogP) is 0.281. The molecule has 0 amide bonds. The number of fused-ring (bicyclic) bond motifs is 1. The van der Waals surface area contributed by atoms with Crippen LogP contribution in [0.5, 0.6) is 0 Å². The van der Waals surface area contributed by atoms with E-state index in [-0.39, 0.29) is 23.5 Å². The summed E-state index contributed by atoms with van der Waals surface area (Å²) in [5.74, 6) is 0.895. The second-order valence-electron chi connectivity index (χ2n) is 4.96. The Kier molecular flexibility index (Phi) is 4.50. The molecule has 1 aromatic rings. The molecule has 2 aliphatic heterocycles. The number of halogens is 1. The van der Waals surface area contributed by atoms with E-state index in [2.05, 4.69) is 15.0 Å². The number of rotatable bonds is 3. The van der Waals surface area contributed by atoms with E-state index < -0.39 is 10.0 Å². The zero-order chi connectivity index (χ0) is 12.6. The van der Waals surface area contributed by atoms with Crippen molar-refractivity contribution in [2.75, 3.05) is 13.1 Å². The summed E-state index contributed by atoms with van der Waals surface area (Å²) >= 11 is 0. The van der Waals surface area contributed by atoms with Gasteiger partial charge >= 0.3 is 0 Å². The average molecular weight is 307 g/mol. The predicted molar refractivity (Wildman–Crippen MR) is 74.0 cm³/mol. The van der Waals surface area contributed by atoms with E-state index in [1.54, 1.807) is 6.20 Å². The lowest BCUT2D eigenvalue weighted by molar-refractivity contribution is 0.522. The Bertz CT molecular complexity index is 513. The third kappa shape index (κ3) is 3.10. The maximum Gasteiger partial charge on any atom is 0.259 e. The van der Waals surface area contributed by atoms with Crippen molar-refractivity contribution in [3.63, 3.8) is 0 Å². The molecule has 1 atom stereocenters. The fourth-order valence-corrected chi connectivity index (χ4v) is 3.80. The first-order valence-electron chi connectivity index (χ1n) is 6.44. The number of aryl methyl sites for hydroxylation is 2. The van der Waals surface area contributed by atoms with Crippen LogP contribution in [0.25, 0.3) is 0 Å². The molecular weight excluding hydrogens is 288 g/mol. The number of sulfonamides is 1. The summed E-state index contributed by atoms with van der Waals surface area (Å²) in [5, 5.41) is 3.32. The molecule has 0 radical (unpaired) electrons. The number of nitrogens with zero attached hydrogens (tertiary/aromatic N) is 2. The summed E-state index contributed by atoms with van der Waals surface area (Å²) < 4.78 is 29.1. The monoisotopic (exact) mass is 306 g/mol. The molecule has 3 heterocycles. The Labute approximate surface area is 119 Å². The van der Waals surface area contributed by atoms with Crippen molar-refractivity contribution in [1.82, 2.24) is 19.6 Å². The van der Waals surface area contributed by atoms with Crippen molar-refractivity contribution in [3.05, 3.63) is 12.0 Å². The van der Waals surface area contributed by atoms with Crippen LogP contribution in [0.15, 0.2) is 11.2 Å². The number of hydrogen-bond donors (Lipinski definition) is 2. The van der Waals surface area contributed by atoms with Crippen LogP contribution in [-0.2, 0) is 23.0 Å². The first kappa shape index (κ1) is 14.8. The van der Waals surface area contributed by atoms with E-state index in [1.807, 2.05) is 4.57 Å². The van der Waals surface area contributed by atoms with Crippen molar-refractivity contribution in [1.29, 1.82) is 0 Å². The van der Waals surface area contributed by atoms with Gasteiger partial charge in [-0.15, -0.1) is 12.4 Å². The van der Waals surface area contributed by atoms with Gasteiger partial charge in [0.15, 0.2) is 5.03 Å². The molecule has 0 spiro atoms. The van der Waals surface area contributed by atoms with Gasteiger partial charge in [-0.1, -0.05) is 0 Å². The van der Waals surface area contributed by atoms with E-state index in [9.17, 15) is 8.42 Å². The second-order valence-corrected chi connectivity index (χ2v) is 6.62. The number of aromatic nitrogens is 2. The third-order valence-electron chi connectivity index (χ3n) is 3.54. The maximum absolute atomic E-state index is 12.2. The fourth-order valence-electron chi connectivity index (χ4n) is 2.55. The lowest BCUT2D eigenvalue weighted by Gasteiger charge is -2.11. The van der Waals surface area contributed by atoms with Gasteiger partial charge in [0, 0.05) is 31.7 Å². The molecule has 19 heavy (non-hydrogen) atoms. The highest BCUT2D eigenvalue weighted by Crippen LogP contribution is 2.17. The molecule has 6 nitrogen and oxygen atoms in total. The van der Waals surface area contributed by atoms with Gasteiger partial charge < -0.3 is 9.88 Å². The SMILES string of the molecule is Cl.O=S(=O)(NC1CCNC1)c1cn2c(n1)CCCC2. The minimum atomic E-state index is -3.46. The number of hydrogen-bond acceptors (Lipinski definition) is 4. The van der Waals surface area contributed by atoms with Crippen LogP contribution in [0, 0.1) is 0 Å². The zero-order valence-electron chi connectivity index (χ0n) is 10.6. The zero-order valence-corrected chi connectivity index (χ0v) is 12.3. The van der Waals surface area contributed by atoms with Gasteiger partial charge in [-0.2, -0.15) is 0 Å². The minimum Gasteiger partial charge on any atom is -0.333 e. The highest BCUT2D eigenvalue weighted by molar-refractivity contribution is 7.89. The second kappa shape index (κ2) is 5.78. The van der Waals surface area contributed by atoms with Crippen LogP contribution in [-0.4, -0.2) is 37.1 Å². The van der Waals surface area contributed by atoms with Crippen LogP contribution in [0.1, 0.15) is 25.1 Å². The molecule has 2 aliphatic rings. The Balaban J connectivity index is 0.00000133. The smallest absolute Gasteiger partial charge is 0.259 e. The molecular formula is C11H19ClN4O2S. The first-order chi connectivity index (χ1) is 8.65. The summed E-state index contributed by atoms with van der Waals surface area (Å²) in [6.07, 6.45) is 5.58. The van der Waals surface area contributed by atoms with Crippen LogP contribution < -0.4 is 10.0 Å². The van der Waals surface area contributed by atoms with Crippen molar-refractivity contribution >= 4 is 22.4 Å². The van der Waals surface area contributed by atoms with Crippen molar-refractivity contribution in [3.8, 4) is 0 Å². The number of nitrogens with one attached hydrogen (secondary N) is 2. The van der Waals surface area contributed by atoms with Crippen LogP contribution >= 0.6 is 12.4 Å². The van der Waals surface area contributed by atoms with Gasteiger partial charge in [-0.25, -0.2) is 18.1 Å². The molecule has 0 saturated carbocycles. The van der Waals surface area contributed by atoms with E-state index >= 15 is 0 Å². The lowest BCUT2D eigenvalue weighted by Crippen LogP contribution is -2.36. The Morgan fingerprint density at radius 1 is 1.42 bits per heavy atom. The highest BCUT2D eigenvalue weighted by Gasteiger charge is 2.26. The number of imidazole rings is 1. The molecule has 8 heteroatoms. The molecule has 1 saturated heterocycles. The molecule has 1 unspecified atom stereocenters. The Hall–Kier alpha value is -0.630. The summed E-state index contributed by atoms with van der Waals surface area (Å²) in [7, 11) is -3.46. The Morgan fingerprint density at radius 2 is 2.26 bits per heavy atom. The molecule has 108 valence electrons. The molecule has 3 rings (SSSR count). The molecule has 1 aromatic heterocycles. The highest BCUT2D eigenvalue weighted by atomic mass is 35.5. The fraction of sp³-hybridized carbons (Fsp3) is 0.727. The average Bonchev–Trinajstić information content (AvgIpc) is 2.96. The molecule has 0 aliphatic carbocycles. The topological polar surface area (TPSA) is 76.0 Å². The van der Waals surface area contributed by atoms with Gasteiger partial charge in [0.05, 0.1) is 0 Å². The minimum absolute atomic E-state index is 0. The van der Waals surface area contributed by atoms with Gasteiger partial charge in [0.25, 0.3) is 10.0 Å². The Morgan fingerprint density at radius 3 is 2.95 bits per heavy atom. The van der Waals surface area contributed by atoms with Gasteiger partial charge in [-0.05, 0) is 25.8 Å². The van der Waals surface area contributed by atoms with Crippen LogP contribution in [0.2, 0.25) is 0 Å². The summed E-state index contributed by atoms with van der Waals surface area (Å²) in [5.41, 5.74) is 0. The van der Waals surface area contributed by atoms with Gasteiger partial charge in [-0.3, -0.25) is 0 Å². The van der Waals surface area contributed by atoms with E-state index in [0.717, 1.165) is 44.6 Å². The van der Waals surface area contributed by atoms with Crippen molar-refractivity contribution < 1.29 is 8.42 Å². The van der Waals surface area contributed by atoms with E-state index in [1.165, 1.54) is 0 Å². The third-order valence-corrected chi connectivity index (χ3v) is 4.93. The maximum atomic E-state index is 12.2. The summed E-state index contributed by atoms with van der Waals surface area (Å²) in [6.45, 7) is 2.45. The largest absolute Gasteiger partial charge is 0.333 e. The lowest BCUT2D eigenvalue weighted by atomic mass is 10.2. The summed E-state index contributed by atoms with van der Waals surface area (Å²) in [6, 6.07) is -0.00581. The van der Waals surface area contributed by atoms with Crippen LogP contribution in [0.4, 0.5) is 0 Å². The molecule has 2 N–H and O–H groups in total. The summed E-state index contributed by atoms with van der Waals surface area (Å²) in [4.78, 5) is 4.26. The first-order valence-corrected chi connectivity index (χ1v) is 7.92.